The van der Waals surface area contributed by atoms with Crippen LogP contribution in [0.2, 0.25) is 0 Å². The number of halogens is 1. The van der Waals surface area contributed by atoms with Gasteiger partial charge in [0, 0.05) is 16.6 Å². The van der Waals surface area contributed by atoms with Crippen LogP contribution in [0, 0.1) is 0 Å². The fraction of sp³-hybridized carbons (Fsp3) is 0.462. The lowest BCUT2D eigenvalue weighted by atomic mass is 9.91. The van der Waals surface area contributed by atoms with Crippen LogP contribution < -0.4 is 5.73 Å². The van der Waals surface area contributed by atoms with Gasteiger partial charge in [-0.05, 0) is 53.7 Å². The highest BCUT2D eigenvalue weighted by Gasteiger charge is 2.22. The number of nitrogens with two attached hydrogens (primary N) is 1. The number of imidazole rings is 1. The molecule has 2 atom stereocenters. The van der Waals surface area contributed by atoms with Crippen molar-refractivity contribution in [2.75, 3.05) is 0 Å². The van der Waals surface area contributed by atoms with E-state index in [4.69, 9.17) is 5.73 Å². The Kier molecular flexibility index (Phi) is 2.92. The Morgan fingerprint density at radius 1 is 1.35 bits per heavy atom. The molecule has 1 aromatic carbocycles. The Bertz CT molecular complexity index is 534. The van der Waals surface area contributed by atoms with E-state index in [9.17, 15) is 0 Å². The summed E-state index contributed by atoms with van der Waals surface area (Å²) in [5, 5.41) is 0. The van der Waals surface area contributed by atoms with E-state index in [0.717, 1.165) is 22.8 Å². The van der Waals surface area contributed by atoms with Gasteiger partial charge in [0.15, 0.2) is 0 Å². The summed E-state index contributed by atoms with van der Waals surface area (Å²) >= 11 is 3.55. The Hall–Kier alpha value is -0.870. The van der Waals surface area contributed by atoms with Crippen molar-refractivity contribution in [1.82, 2.24) is 9.55 Å². The average molecular weight is 294 g/mol. The predicted molar refractivity (Wildman–Crippen MR) is 72.9 cm³/mol. The van der Waals surface area contributed by atoms with Gasteiger partial charge in [-0.15, -0.1) is 0 Å². The largest absolute Gasteiger partial charge is 0.328 e. The molecule has 0 saturated heterocycles. The van der Waals surface area contributed by atoms with Gasteiger partial charge in [0.2, 0.25) is 0 Å². The highest BCUT2D eigenvalue weighted by molar-refractivity contribution is 9.10. The number of hydrogen-bond donors (Lipinski definition) is 1. The fourth-order valence-electron chi connectivity index (χ4n) is 2.77. The first kappa shape index (κ1) is 11.2. The van der Waals surface area contributed by atoms with Crippen molar-refractivity contribution in [3.8, 4) is 0 Å². The van der Waals surface area contributed by atoms with Gasteiger partial charge >= 0.3 is 0 Å². The number of aromatic nitrogens is 2. The van der Waals surface area contributed by atoms with Crippen LogP contribution in [0.15, 0.2) is 29.0 Å². The highest BCUT2D eigenvalue weighted by atomic mass is 79.9. The fourth-order valence-corrected chi connectivity index (χ4v) is 3.22. The molecule has 0 radical (unpaired) electrons. The van der Waals surface area contributed by atoms with Crippen LogP contribution in [0.4, 0.5) is 0 Å². The van der Waals surface area contributed by atoms with E-state index in [-0.39, 0.29) is 0 Å². The van der Waals surface area contributed by atoms with E-state index in [1.165, 1.54) is 18.4 Å². The molecule has 1 aromatic heterocycles. The molecule has 1 fully saturated rings. The maximum atomic E-state index is 6.06. The van der Waals surface area contributed by atoms with Crippen molar-refractivity contribution in [2.45, 2.75) is 37.8 Å². The molecule has 1 saturated carbocycles. The molecule has 4 heteroatoms. The summed E-state index contributed by atoms with van der Waals surface area (Å²) in [5.74, 6) is 0. The molecular formula is C13H16BrN3. The minimum atomic E-state index is 0.346. The summed E-state index contributed by atoms with van der Waals surface area (Å²) in [6.45, 7) is 0. The van der Waals surface area contributed by atoms with Crippen molar-refractivity contribution in [1.29, 1.82) is 0 Å². The number of para-hydroxylation sites is 1. The quantitative estimate of drug-likeness (QED) is 0.877. The van der Waals surface area contributed by atoms with Gasteiger partial charge in [-0.25, -0.2) is 4.98 Å². The first-order valence-corrected chi connectivity index (χ1v) is 6.91. The summed E-state index contributed by atoms with van der Waals surface area (Å²) in [6.07, 6.45) is 6.62. The van der Waals surface area contributed by atoms with E-state index in [1.54, 1.807) is 0 Å². The molecule has 3 nitrogen and oxygen atoms in total. The molecule has 1 aliphatic rings. The average Bonchev–Trinajstić information content (AvgIpc) is 2.74. The van der Waals surface area contributed by atoms with Crippen molar-refractivity contribution < 1.29 is 0 Å². The van der Waals surface area contributed by atoms with E-state index >= 15 is 0 Å². The van der Waals surface area contributed by atoms with Crippen LogP contribution in [0.25, 0.3) is 11.0 Å². The summed E-state index contributed by atoms with van der Waals surface area (Å²) in [5.41, 5.74) is 8.32. The maximum absolute atomic E-state index is 6.06. The molecule has 0 aliphatic heterocycles. The zero-order valence-corrected chi connectivity index (χ0v) is 11.2. The van der Waals surface area contributed by atoms with Crippen LogP contribution in [0.5, 0.6) is 0 Å². The molecule has 17 heavy (non-hydrogen) atoms. The SMILES string of the molecule is N[C@@H]1CCC[C@H](n2cnc3c(Br)cccc32)C1. The molecule has 90 valence electrons. The number of nitrogens with zero attached hydrogens (tertiary/aromatic N) is 2. The first-order chi connectivity index (χ1) is 8.25. The van der Waals surface area contributed by atoms with Crippen LogP contribution in [0.1, 0.15) is 31.7 Å². The van der Waals surface area contributed by atoms with Gasteiger partial charge in [0.25, 0.3) is 0 Å². The van der Waals surface area contributed by atoms with E-state index < -0.39 is 0 Å². The van der Waals surface area contributed by atoms with Crippen molar-refractivity contribution in [3.63, 3.8) is 0 Å². The smallest absolute Gasteiger partial charge is 0.103 e. The van der Waals surface area contributed by atoms with Crippen molar-refractivity contribution in [2.24, 2.45) is 5.73 Å². The third-order valence-corrected chi connectivity index (χ3v) is 4.28. The molecule has 0 spiro atoms. The molecule has 0 bridgehead atoms. The first-order valence-electron chi connectivity index (χ1n) is 6.12. The molecule has 2 aromatic rings. The second kappa shape index (κ2) is 4.42. The highest BCUT2D eigenvalue weighted by Crippen LogP contribution is 2.31. The summed E-state index contributed by atoms with van der Waals surface area (Å²) in [6, 6.07) is 7.09. The van der Waals surface area contributed by atoms with Crippen LogP contribution in [-0.4, -0.2) is 15.6 Å². The second-order valence-electron chi connectivity index (χ2n) is 4.84. The minimum Gasteiger partial charge on any atom is -0.328 e. The summed E-state index contributed by atoms with van der Waals surface area (Å²) < 4.78 is 3.35. The Labute approximate surface area is 109 Å². The third kappa shape index (κ3) is 2.00. The molecule has 3 rings (SSSR count). The lowest BCUT2D eigenvalue weighted by Crippen LogP contribution is -2.29. The molecule has 1 heterocycles. The van der Waals surface area contributed by atoms with Gasteiger partial charge in [0.05, 0.1) is 11.8 Å². The molecule has 1 aliphatic carbocycles. The summed E-state index contributed by atoms with van der Waals surface area (Å²) in [4.78, 5) is 4.49. The van der Waals surface area contributed by atoms with Gasteiger partial charge in [0.1, 0.15) is 5.52 Å². The Balaban J connectivity index is 2.02. The zero-order chi connectivity index (χ0) is 11.8. The normalized spacial score (nSPS) is 25.3. The number of rotatable bonds is 1. The standard InChI is InChI=1S/C13H16BrN3/c14-11-5-2-6-12-13(11)16-8-17(12)10-4-1-3-9(15)7-10/h2,5-6,8-10H,1,3-4,7,15H2/t9-,10+/m1/s1. The van der Waals surface area contributed by atoms with E-state index in [2.05, 4.69) is 37.6 Å². The van der Waals surface area contributed by atoms with Crippen LogP contribution in [0.3, 0.4) is 0 Å². The van der Waals surface area contributed by atoms with E-state index in [0.29, 0.717) is 12.1 Å². The zero-order valence-electron chi connectivity index (χ0n) is 9.64. The summed E-state index contributed by atoms with van der Waals surface area (Å²) in [7, 11) is 0. The lowest BCUT2D eigenvalue weighted by Gasteiger charge is -2.28. The number of fused-ring (bicyclic) bond motifs is 1. The monoisotopic (exact) mass is 293 g/mol. The predicted octanol–water partition coefficient (Wildman–Crippen LogP) is 3.24. The lowest BCUT2D eigenvalue weighted by molar-refractivity contribution is 0.325. The van der Waals surface area contributed by atoms with Crippen LogP contribution in [-0.2, 0) is 0 Å². The second-order valence-corrected chi connectivity index (χ2v) is 5.69. The molecule has 0 amide bonds. The molecule has 2 N–H and O–H groups in total. The van der Waals surface area contributed by atoms with Crippen molar-refractivity contribution >= 4 is 27.0 Å². The van der Waals surface area contributed by atoms with Crippen molar-refractivity contribution in [3.05, 3.63) is 29.0 Å². The third-order valence-electron chi connectivity index (χ3n) is 3.64. The maximum Gasteiger partial charge on any atom is 0.103 e. The minimum absolute atomic E-state index is 0.346. The molecule has 0 unspecified atom stereocenters. The van der Waals surface area contributed by atoms with E-state index in [1.807, 2.05) is 12.4 Å². The Morgan fingerprint density at radius 3 is 3.06 bits per heavy atom. The van der Waals surface area contributed by atoms with Crippen LogP contribution >= 0.6 is 15.9 Å². The van der Waals surface area contributed by atoms with Gasteiger partial charge in [-0.1, -0.05) is 6.07 Å². The Morgan fingerprint density at radius 2 is 2.24 bits per heavy atom. The number of hydrogen-bond acceptors (Lipinski definition) is 2. The molecular weight excluding hydrogens is 278 g/mol. The van der Waals surface area contributed by atoms with Gasteiger partial charge < -0.3 is 10.3 Å². The topological polar surface area (TPSA) is 43.8 Å². The number of benzene rings is 1. The van der Waals surface area contributed by atoms with Gasteiger partial charge in [-0.3, -0.25) is 0 Å². The van der Waals surface area contributed by atoms with Gasteiger partial charge in [-0.2, -0.15) is 0 Å².